The van der Waals surface area contributed by atoms with E-state index in [0.717, 1.165) is 66.6 Å². The Morgan fingerprint density at radius 1 is 0.349 bits per heavy atom. The van der Waals surface area contributed by atoms with Gasteiger partial charge in [-0.1, -0.05) is 158 Å². The molecule has 294 valence electrons. The molecule has 0 saturated heterocycles. The minimum Gasteiger partial charge on any atom is -0.456 e. The summed E-state index contributed by atoms with van der Waals surface area (Å²) in [4.78, 5) is 16.0. The molecule has 0 radical (unpaired) electrons. The summed E-state index contributed by atoms with van der Waals surface area (Å²) in [6.07, 6.45) is 0. The van der Waals surface area contributed by atoms with Crippen LogP contribution in [-0.2, 0) is 0 Å². The van der Waals surface area contributed by atoms with Crippen molar-refractivity contribution in [2.45, 2.75) is 0 Å². The van der Waals surface area contributed by atoms with Crippen molar-refractivity contribution in [1.82, 2.24) is 19.5 Å². The monoisotopic (exact) mass is 822 g/mol. The predicted octanol–water partition coefficient (Wildman–Crippen LogP) is 15.6. The molecule has 4 heterocycles. The first kappa shape index (κ1) is 35.6. The molecule has 0 saturated carbocycles. The van der Waals surface area contributed by atoms with Crippen molar-refractivity contribution in [3.05, 3.63) is 206 Å². The Labute approximate surface area is 365 Å². The predicted molar refractivity (Wildman–Crippen MR) is 262 cm³/mol. The fraction of sp³-hybridized carbons (Fsp3) is 0. The van der Waals surface area contributed by atoms with Crippen molar-refractivity contribution >= 4 is 75.3 Å². The van der Waals surface area contributed by atoms with Crippen LogP contribution in [0.1, 0.15) is 0 Å². The lowest BCUT2D eigenvalue weighted by molar-refractivity contribution is 0.669. The maximum Gasteiger partial charge on any atom is 0.164 e. The number of hydrogen-bond donors (Lipinski definition) is 0. The van der Waals surface area contributed by atoms with Gasteiger partial charge < -0.3 is 8.98 Å². The maximum absolute atomic E-state index is 6.39. The zero-order valence-electron chi connectivity index (χ0n) is 33.7. The maximum atomic E-state index is 6.39. The van der Waals surface area contributed by atoms with Gasteiger partial charge in [0, 0.05) is 69.7 Å². The number of nitrogens with zero attached hydrogens (tertiary/aromatic N) is 4. The van der Waals surface area contributed by atoms with Gasteiger partial charge in [0.05, 0.1) is 11.0 Å². The van der Waals surface area contributed by atoms with Crippen LogP contribution in [0.25, 0.3) is 126 Å². The molecule has 0 aliphatic carbocycles. The molecule has 0 amide bonds. The second-order valence-corrected chi connectivity index (χ2v) is 17.0. The molecular formula is C57H34N4OS. The zero-order chi connectivity index (χ0) is 41.4. The number of benzene rings is 9. The normalized spacial score (nSPS) is 11.8. The Bertz CT molecular complexity index is 3880. The number of fused-ring (bicyclic) bond motifs is 9. The van der Waals surface area contributed by atoms with Gasteiger partial charge in [0.1, 0.15) is 11.2 Å². The highest BCUT2D eigenvalue weighted by molar-refractivity contribution is 7.26. The third kappa shape index (κ3) is 5.73. The summed E-state index contributed by atoms with van der Waals surface area (Å²) in [5, 5.41) is 7.05. The van der Waals surface area contributed by atoms with Gasteiger partial charge in [-0.3, -0.25) is 0 Å². The van der Waals surface area contributed by atoms with Crippen LogP contribution in [0.15, 0.2) is 211 Å². The van der Waals surface area contributed by atoms with Crippen LogP contribution >= 0.6 is 11.3 Å². The van der Waals surface area contributed by atoms with E-state index in [2.05, 4.69) is 187 Å². The van der Waals surface area contributed by atoms with E-state index < -0.39 is 0 Å². The Balaban J connectivity index is 1.08. The standard InChI is InChI=1S/C57H34N4OS/c1-2-16-35(17-3-1)38-18-4-6-24-45(38)56-58-55(36-30-31-43-42-22-10-14-28-51(42)62-52(43)32-36)59-57(60-56)46-25-7-5-19-39(46)47-33-37(34-48-44-23-11-15-29-53(44)63-54(47)48)61-49-26-12-8-20-40(49)41-21-9-13-27-50(41)61/h1-34H. The van der Waals surface area contributed by atoms with Gasteiger partial charge in [-0.2, -0.15) is 0 Å². The van der Waals surface area contributed by atoms with Crippen molar-refractivity contribution in [1.29, 1.82) is 0 Å². The lowest BCUT2D eigenvalue weighted by atomic mass is 9.96. The van der Waals surface area contributed by atoms with E-state index in [1.165, 1.54) is 42.0 Å². The van der Waals surface area contributed by atoms with E-state index in [1.54, 1.807) is 0 Å². The fourth-order valence-corrected chi connectivity index (χ4v) is 10.6. The molecule has 13 aromatic rings. The van der Waals surface area contributed by atoms with E-state index >= 15 is 0 Å². The first-order valence-electron chi connectivity index (χ1n) is 21.1. The van der Waals surface area contributed by atoms with Crippen LogP contribution in [0, 0.1) is 0 Å². The molecule has 9 aromatic carbocycles. The first-order valence-corrected chi connectivity index (χ1v) is 21.9. The fourth-order valence-electron chi connectivity index (χ4n) is 9.41. The van der Waals surface area contributed by atoms with Crippen LogP contribution < -0.4 is 0 Å². The molecule has 13 rings (SSSR count). The minimum atomic E-state index is 0.570. The Morgan fingerprint density at radius 2 is 0.905 bits per heavy atom. The number of para-hydroxylation sites is 3. The molecule has 0 fully saturated rings. The summed E-state index contributed by atoms with van der Waals surface area (Å²) in [5.41, 5.74) is 12.1. The average molecular weight is 823 g/mol. The van der Waals surface area contributed by atoms with Gasteiger partial charge in [-0.25, -0.2) is 15.0 Å². The largest absolute Gasteiger partial charge is 0.456 e. The molecule has 0 atom stereocenters. The summed E-state index contributed by atoms with van der Waals surface area (Å²) < 4.78 is 11.3. The lowest BCUT2D eigenvalue weighted by Crippen LogP contribution is -2.02. The minimum absolute atomic E-state index is 0.570. The number of aromatic nitrogens is 4. The second kappa shape index (κ2) is 14.2. The number of furan rings is 1. The molecular weight excluding hydrogens is 789 g/mol. The molecule has 6 heteroatoms. The average Bonchev–Trinajstić information content (AvgIpc) is 4.03. The Morgan fingerprint density at radius 3 is 1.65 bits per heavy atom. The molecule has 0 aliphatic rings. The number of rotatable bonds is 6. The van der Waals surface area contributed by atoms with Crippen molar-refractivity contribution in [3.63, 3.8) is 0 Å². The quantitative estimate of drug-likeness (QED) is 0.168. The molecule has 0 aliphatic heterocycles. The lowest BCUT2D eigenvalue weighted by Gasteiger charge is -2.16. The molecule has 0 bridgehead atoms. The summed E-state index contributed by atoms with van der Waals surface area (Å²) in [6.45, 7) is 0. The van der Waals surface area contributed by atoms with E-state index in [-0.39, 0.29) is 0 Å². The Kier molecular flexibility index (Phi) is 8.01. The number of hydrogen-bond acceptors (Lipinski definition) is 5. The van der Waals surface area contributed by atoms with E-state index in [1.807, 2.05) is 35.6 Å². The smallest absolute Gasteiger partial charge is 0.164 e. The van der Waals surface area contributed by atoms with Gasteiger partial charge in [-0.05, 0) is 65.2 Å². The Hall–Kier alpha value is -8.19. The highest BCUT2D eigenvalue weighted by Gasteiger charge is 2.22. The summed E-state index contributed by atoms with van der Waals surface area (Å²) >= 11 is 1.83. The van der Waals surface area contributed by atoms with Crippen LogP contribution in [0.2, 0.25) is 0 Å². The van der Waals surface area contributed by atoms with E-state index in [4.69, 9.17) is 19.4 Å². The highest BCUT2D eigenvalue weighted by Crippen LogP contribution is 2.45. The molecule has 0 spiro atoms. The van der Waals surface area contributed by atoms with Crippen molar-refractivity contribution in [2.24, 2.45) is 0 Å². The van der Waals surface area contributed by atoms with Crippen molar-refractivity contribution < 1.29 is 4.42 Å². The van der Waals surface area contributed by atoms with Gasteiger partial charge in [0.25, 0.3) is 0 Å². The molecule has 0 unspecified atom stereocenters. The van der Waals surface area contributed by atoms with Gasteiger partial charge in [0.2, 0.25) is 0 Å². The summed E-state index contributed by atoms with van der Waals surface area (Å²) in [5.74, 6) is 1.76. The number of thiophene rings is 1. The topological polar surface area (TPSA) is 56.7 Å². The third-order valence-electron chi connectivity index (χ3n) is 12.3. The SMILES string of the molecule is c1ccc(-c2ccccc2-c2nc(-c3ccc4c(c3)oc3ccccc34)nc(-c3ccccc3-c3cc(-n4c5ccccc5c5ccccc54)cc4c3sc3ccccc34)n2)cc1. The third-order valence-corrected chi connectivity index (χ3v) is 13.5. The highest BCUT2D eigenvalue weighted by atomic mass is 32.1. The van der Waals surface area contributed by atoms with Gasteiger partial charge in [-0.15, -0.1) is 11.3 Å². The van der Waals surface area contributed by atoms with Crippen LogP contribution in [0.4, 0.5) is 0 Å². The summed E-state index contributed by atoms with van der Waals surface area (Å²) in [6, 6.07) is 72.7. The molecule has 4 aromatic heterocycles. The van der Waals surface area contributed by atoms with Crippen LogP contribution in [0.3, 0.4) is 0 Å². The van der Waals surface area contributed by atoms with E-state index in [0.29, 0.717) is 17.5 Å². The van der Waals surface area contributed by atoms with Crippen molar-refractivity contribution in [3.8, 4) is 62.1 Å². The van der Waals surface area contributed by atoms with Crippen LogP contribution in [-0.4, -0.2) is 19.5 Å². The summed E-state index contributed by atoms with van der Waals surface area (Å²) in [7, 11) is 0. The van der Waals surface area contributed by atoms with Crippen molar-refractivity contribution in [2.75, 3.05) is 0 Å². The van der Waals surface area contributed by atoms with Gasteiger partial charge in [0.15, 0.2) is 17.5 Å². The molecule has 63 heavy (non-hydrogen) atoms. The second-order valence-electron chi connectivity index (χ2n) is 15.9. The van der Waals surface area contributed by atoms with E-state index in [9.17, 15) is 0 Å². The van der Waals surface area contributed by atoms with Crippen LogP contribution in [0.5, 0.6) is 0 Å². The zero-order valence-corrected chi connectivity index (χ0v) is 34.6. The van der Waals surface area contributed by atoms with Gasteiger partial charge >= 0.3 is 0 Å². The molecule has 5 nitrogen and oxygen atoms in total. The molecule has 0 N–H and O–H groups in total. The first-order chi connectivity index (χ1) is 31.2.